The Morgan fingerprint density at radius 1 is 0.679 bits per heavy atom. The minimum Gasteiger partial charge on any atom is -0.418 e. The quantitative estimate of drug-likeness (QED) is 0.358. The molecule has 2 unspecified atom stereocenters. The summed E-state index contributed by atoms with van der Waals surface area (Å²) >= 11 is 0. The molecule has 0 amide bonds. The molecule has 148 valence electrons. The Morgan fingerprint density at radius 3 is 1.32 bits per heavy atom. The molecule has 0 spiro atoms. The third-order valence-electron chi connectivity index (χ3n) is 4.03. The lowest BCUT2D eigenvalue weighted by Crippen LogP contribution is -2.62. The summed E-state index contributed by atoms with van der Waals surface area (Å²) < 4.78 is 39.0. The Kier molecular flexibility index (Phi) is 8.22. The van der Waals surface area contributed by atoms with Crippen LogP contribution in [0.3, 0.4) is 0 Å². The van der Waals surface area contributed by atoms with E-state index in [4.69, 9.17) is 0 Å². The molecule has 3 aromatic rings. The minimum atomic E-state index is -6.00. The molecule has 0 saturated heterocycles. The molecule has 3 N–H and O–H groups in total. The van der Waals surface area contributed by atoms with Crippen molar-refractivity contribution in [2.75, 3.05) is 0 Å². The Labute approximate surface area is 164 Å². The van der Waals surface area contributed by atoms with Crippen LogP contribution in [0.4, 0.5) is 17.3 Å². The van der Waals surface area contributed by atoms with Crippen LogP contribution in [-0.4, -0.2) is 13.3 Å². The van der Waals surface area contributed by atoms with Crippen molar-refractivity contribution in [3.8, 4) is 0 Å². The SMILES string of the molecule is CC([NH3+])C(c1ccccc1)P(c1ccccc1)c1ccccc1.F[B-](F)(F)F. The fourth-order valence-corrected chi connectivity index (χ4v) is 5.94. The van der Waals surface area contributed by atoms with Gasteiger partial charge in [-0.2, -0.15) is 0 Å². The highest BCUT2D eigenvalue weighted by molar-refractivity contribution is 7.73. The summed E-state index contributed by atoms with van der Waals surface area (Å²) in [4.78, 5) is 0. The summed E-state index contributed by atoms with van der Waals surface area (Å²) in [5.41, 5.74) is 6.20. The van der Waals surface area contributed by atoms with Crippen molar-refractivity contribution in [1.29, 1.82) is 0 Å². The largest absolute Gasteiger partial charge is 0.673 e. The Morgan fingerprint density at radius 2 is 1.00 bits per heavy atom. The molecule has 0 saturated carbocycles. The van der Waals surface area contributed by atoms with Gasteiger partial charge < -0.3 is 23.0 Å². The number of benzene rings is 3. The molecule has 3 aromatic carbocycles. The van der Waals surface area contributed by atoms with Gasteiger partial charge in [-0.15, -0.1) is 0 Å². The standard InChI is InChI=1S/C21H22NP.BF4/c1-17(22)21(18-11-5-2-6-12-18)23(19-13-7-3-8-14-19)20-15-9-4-10-16-20;2-1(3,4)5/h2-17,21H,22H2,1H3;/q;-1/p+1. The molecule has 0 bridgehead atoms. The molecule has 0 aromatic heterocycles. The van der Waals surface area contributed by atoms with Crippen molar-refractivity contribution in [1.82, 2.24) is 0 Å². The van der Waals surface area contributed by atoms with Crippen LogP contribution in [0.1, 0.15) is 18.1 Å². The van der Waals surface area contributed by atoms with Crippen LogP contribution in [0.5, 0.6) is 0 Å². The maximum Gasteiger partial charge on any atom is 0.673 e. The average Bonchev–Trinajstić information content (AvgIpc) is 2.66. The molecule has 2 atom stereocenters. The lowest BCUT2D eigenvalue weighted by Gasteiger charge is -2.30. The van der Waals surface area contributed by atoms with Gasteiger partial charge in [0.25, 0.3) is 0 Å². The molecule has 0 radical (unpaired) electrons. The molecule has 0 heterocycles. The van der Waals surface area contributed by atoms with E-state index in [2.05, 4.69) is 104 Å². The molecule has 3 rings (SSSR count). The van der Waals surface area contributed by atoms with Crippen molar-refractivity contribution < 1.29 is 23.0 Å². The van der Waals surface area contributed by atoms with Crippen LogP contribution < -0.4 is 16.3 Å². The summed E-state index contributed by atoms with van der Waals surface area (Å²) in [5, 5.41) is 2.83. The van der Waals surface area contributed by atoms with Crippen LogP contribution in [0.25, 0.3) is 0 Å². The highest BCUT2D eigenvalue weighted by Crippen LogP contribution is 2.50. The van der Waals surface area contributed by atoms with Crippen molar-refractivity contribution >= 4 is 25.8 Å². The van der Waals surface area contributed by atoms with Crippen LogP contribution in [0.2, 0.25) is 0 Å². The number of rotatable bonds is 5. The van der Waals surface area contributed by atoms with Gasteiger partial charge in [0, 0.05) is 0 Å². The predicted octanol–water partition coefficient (Wildman–Crippen LogP) is 4.79. The minimum absolute atomic E-state index is 0.337. The lowest BCUT2D eigenvalue weighted by molar-refractivity contribution is -0.414. The maximum absolute atomic E-state index is 9.75. The van der Waals surface area contributed by atoms with E-state index in [1.54, 1.807) is 0 Å². The Bertz CT molecular complexity index is 769. The van der Waals surface area contributed by atoms with Crippen molar-refractivity contribution in [3.05, 3.63) is 96.6 Å². The van der Waals surface area contributed by atoms with Crippen LogP contribution in [0.15, 0.2) is 91.0 Å². The molecule has 0 aliphatic carbocycles. The van der Waals surface area contributed by atoms with E-state index in [1.807, 2.05) is 0 Å². The van der Waals surface area contributed by atoms with Crippen molar-refractivity contribution in [3.63, 3.8) is 0 Å². The number of hydrogen-bond donors (Lipinski definition) is 1. The summed E-state index contributed by atoms with van der Waals surface area (Å²) in [6, 6.07) is 33.0. The summed E-state index contributed by atoms with van der Waals surface area (Å²) in [6.07, 6.45) is 0. The van der Waals surface area contributed by atoms with Crippen molar-refractivity contribution in [2.24, 2.45) is 0 Å². The van der Waals surface area contributed by atoms with E-state index in [0.29, 0.717) is 11.7 Å². The number of quaternary nitrogens is 1. The zero-order valence-electron chi connectivity index (χ0n) is 15.6. The third-order valence-corrected chi connectivity index (χ3v) is 7.10. The number of halogens is 4. The van der Waals surface area contributed by atoms with Crippen LogP contribution in [-0.2, 0) is 0 Å². The van der Waals surface area contributed by atoms with Crippen LogP contribution in [0, 0.1) is 0 Å². The first-order chi connectivity index (χ1) is 13.3. The second-order valence-corrected chi connectivity index (χ2v) is 8.70. The molecule has 7 heteroatoms. The molecular weight excluding hydrogens is 384 g/mol. The fourth-order valence-electron chi connectivity index (χ4n) is 3.03. The Balaban J connectivity index is 0.000000500. The molecular formula is C21H23BF4NP. The first-order valence-corrected chi connectivity index (χ1v) is 10.3. The predicted molar refractivity (Wildman–Crippen MR) is 111 cm³/mol. The lowest BCUT2D eigenvalue weighted by atomic mass is 10.1. The van der Waals surface area contributed by atoms with E-state index in [-0.39, 0.29) is 0 Å². The summed E-state index contributed by atoms with van der Waals surface area (Å²) in [5.74, 6) is 0. The third kappa shape index (κ3) is 7.10. The molecule has 0 aliphatic rings. The van der Waals surface area contributed by atoms with Gasteiger partial charge in [0.05, 0.1) is 11.7 Å². The summed E-state index contributed by atoms with van der Waals surface area (Å²) in [7, 11) is -6.49. The first kappa shape index (κ1) is 22.1. The number of hydrogen-bond acceptors (Lipinski definition) is 0. The smallest absolute Gasteiger partial charge is 0.418 e. The normalized spacial score (nSPS) is 13.4. The van der Waals surface area contributed by atoms with E-state index in [9.17, 15) is 17.3 Å². The van der Waals surface area contributed by atoms with Crippen LogP contribution >= 0.6 is 7.92 Å². The second kappa shape index (κ2) is 10.4. The topological polar surface area (TPSA) is 27.6 Å². The first-order valence-electron chi connectivity index (χ1n) is 8.92. The molecule has 1 nitrogen and oxygen atoms in total. The van der Waals surface area contributed by atoms with Gasteiger partial charge in [-0.3, -0.25) is 0 Å². The summed E-state index contributed by atoms with van der Waals surface area (Å²) in [6.45, 7) is 2.24. The van der Waals surface area contributed by atoms with Crippen molar-refractivity contribution in [2.45, 2.75) is 18.6 Å². The van der Waals surface area contributed by atoms with Gasteiger partial charge in [0.2, 0.25) is 0 Å². The zero-order valence-corrected chi connectivity index (χ0v) is 16.5. The van der Waals surface area contributed by atoms with E-state index in [0.717, 1.165) is 0 Å². The zero-order chi connectivity index (χ0) is 20.6. The average molecular weight is 407 g/mol. The molecule has 0 fully saturated rings. The van der Waals surface area contributed by atoms with Gasteiger partial charge >= 0.3 is 7.25 Å². The van der Waals surface area contributed by atoms with E-state index < -0.39 is 15.2 Å². The molecule has 28 heavy (non-hydrogen) atoms. The highest BCUT2D eigenvalue weighted by atomic mass is 31.1. The van der Waals surface area contributed by atoms with E-state index >= 15 is 0 Å². The maximum atomic E-state index is 9.75. The monoisotopic (exact) mass is 407 g/mol. The second-order valence-electron chi connectivity index (χ2n) is 6.37. The van der Waals surface area contributed by atoms with Gasteiger partial charge in [0.15, 0.2) is 0 Å². The van der Waals surface area contributed by atoms with Gasteiger partial charge in [-0.1, -0.05) is 91.0 Å². The van der Waals surface area contributed by atoms with Gasteiger partial charge in [-0.05, 0) is 31.0 Å². The highest BCUT2D eigenvalue weighted by Gasteiger charge is 2.30. The van der Waals surface area contributed by atoms with Gasteiger partial charge in [-0.25, -0.2) is 0 Å². The van der Waals surface area contributed by atoms with E-state index in [1.165, 1.54) is 16.2 Å². The molecule has 0 aliphatic heterocycles. The fraction of sp³-hybridized carbons (Fsp3) is 0.143. The Hall–Kier alpha value is -2.17. The van der Waals surface area contributed by atoms with Gasteiger partial charge in [0.1, 0.15) is 0 Å².